The van der Waals surface area contributed by atoms with Gasteiger partial charge in [0.2, 0.25) is 11.8 Å². The summed E-state index contributed by atoms with van der Waals surface area (Å²) < 4.78 is 42.1. The predicted octanol–water partition coefficient (Wildman–Crippen LogP) is 5.05. The lowest BCUT2D eigenvalue weighted by Crippen LogP contribution is -2.53. The normalized spacial score (nSPS) is 12.8. The highest BCUT2D eigenvalue weighted by atomic mass is 32.2. The first-order valence-corrected chi connectivity index (χ1v) is 14.5. The highest BCUT2D eigenvalue weighted by Gasteiger charge is 2.34. The third kappa shape index (κ3) is 7.66. The largest absolute Gasteiger partial charge is 0.352 e. The second-order valence-corrected chi connectivity index (χ2v) is 11.4. The summed E-state index contributed by atoms with van der Waals surface area (Å²) in [6, 6.07) is 19.4. The van der Waals surface area contributed by atoms with Crippen molar-refractivity contribution >= 4 is 27.5 Å². The molecule has 3 aromatic rings. The number of nitrogens with zero attached hydrogens (tertiary/aromatic N) is 2. The number of hydrogen-bond acceptors (Lipinski definition) is 4. The fourth-order valence-electron chi connectivity index (χ4n) is 4.22. The zero-order chi connectivity index (χ0) is 28.6. The minimum absolute atomic E-state index is 0.00563. The Labute approximate surface area is 230 Å². The second kappa shape index (κ2) is 13.4. The average molecular weight is 554 g/mol. The monoisotopic (exact) mass is 553 g/mol. The maximum absolute atomic E-state index is 14.0. The van der Waals surface area contributed by atoms with Crippen molar-refractivity contribution in [2.75, 3.05) is 10.8 Å². The summed E-state index contributed by atoms with van der Waals surface area (Å²) >= 11 is 0. The minimum Gasteiger partial charge on any atom is -0.352 e. The van der Waals surface area contributed by atoms with E-state index in [2.05, 4.69) is 5.32 Å². The smallest absolute Gasteiger partial charge is 0.264 e. The molecule has 0 radical (unpaired) electrons. The molecule has 2 amide bonds. The molecule has 1 N–H and O–H groups in total. The molecule has 0 saturated carbocycles. The Morgan fingerprint density at radius 1 is 0.923 bits per heavy atom. The van der Waals surface area contributed by atoms with E-state index in [9.17, 15) is 22.4 Å². The van der Waals surface area contributed by atoms with Gasteiger partial charge in [-0.3, -0.25) is 13.9 Å². The average Bonchev–Trinajstić information content (AvgIpc) is 2.92. The summed E-state index contributed by atoms with van der Waals surface area (Å²) in [6.07, 6.45) is 1.06. The third-order valence-corrected chi connectivity index (χ3v) is 8.34. The number of carbonyl (C=O) groups is 2. The van der Waals surface area contributed by atoms with Crippen LogP contribution in [0.3, 0.4) is 0 Å². The van der Waals surface area contributed by atoms with Crippen molar-refractivity contribution in [2.24, 2.45) is 0 Å². The molecule has 7 nitrogen and oxygen atoms in total. The zero-order valence-electron chi connectivity index (χ0n) is 22.8. The van der Waals surface area contributed by atoms with Gasteiger partial charge in [0.05, 0.1) is 10.6 Å². The van der Waals surface area contributed by atoms with E-state index in [1.54, 1.807) is 18.2 Å². The standard InChI is InChI=1S/C30H36FN3O4S/c1-5-23(4)32-30(36)28(6-2)33(20-24-12-10-11-22(3)19-24)29(35)21-34(26-17-15-25(31)16-18-26)39(37,38)27-13-8-7-9-14-27/h7-19,23,28H,5-6,20-21H2,1-4H3,(H,32,36)/t23-,28+/m0/s1. The number of nitrogens with one attached hydrogen (secondary N) is 1. The number of halogens is 1. The van der Waals surface area contributed by atoms with Gasteiger partial charge in [0, 0.05) is 12.6 Å². The van der Waals surface area contributed by atoms with Crippen LogP contribution < -0.4 is 9.62 Å². The van der Waals surface area contributed by atoms with Crippen LogP contribution in [0.15, 0.2) is 83.8 Å². The summed E-state index contributed by atoms with van der Waals surface area (Å²) in [7, 11) is -4.19. The van der Waals surface area contributed by atoms with Gasteiger partial charge < -0.3 is 10.2 Å². The Bertz CT molecular complexity index is 1360. The van der Waals surface area contributed by atoms with Crippen LogP contribution in [-0.2, 0) is 26.2 Å². The SMILES string of the molecule is CC[C@H](C(=O)N[C@@H](C)CC)N(Cc1cccc(C)c1)C(=O)CN(c1ccc(F)cc1)S(=O)(=O)c1ccccc1. The van der Waals surface area contributed by atoms with Gasteiger partial charge in [-0.25, -0.2) is 12.8 Å². The lowest BCUT2D eigenvalue weighted by atomic mass is 10.1. The molecule has 39 heavy (non-hydrogen) atoms. The van der Waals surface area contributed by atoms with Crippen LogP contribution in [0.1, 0.15) is 44.7 Å². The fourth-order valence-corrected chi connectivity index (χ4v) is 5.66. The van der Waals surface area contributed by atoms with Crippen LogP contribution in [0.2, 0.25) is 0 Å². The molecule has 0 unspecified atom stereocenters. The number of aryl methyl sites for hydroxylation is 1. The summed E-state index contributed by atoms with van der Waals surface area (Å²) in [5.74, 6) is -1.38. The van der Waals surface area contributed by atoms with Gasteiger partial charge in [-0.15, -0.1) is 0 Å². The minimum atomic E-state index is -4.19. The molecule has 2 atom stereocenters. The summed E-state index contributed by atoms with van der Waals surface area (Å²) in [5.41, 5.74) is 1.95. The number of carbonyl (C=O) groups excluding carboxylic acids is 2. The van der Waals surface area contributed by atoms with E-state index in [4.69, 9.17) is 0 Å². The maximum atomic E-state index is 14.0. The van der Waals surface area contributed by atoms with E-state index in [1.807, 2.05) is 52.0 Å². The molecule has 0 aromatic heterocycles. The van der Waals surface area contributed by atoms with E-state index in [0.717, 1.165) is 34.0 Å². The molecule has 208 valence electrons. The molecule has 0 spiro atoms. The van der Waals surface area contributed by atoms with Crippen molar-refractivity contribution in [3.8, 4) is 0 Å². The molecule has 9 heteroatoms. The Hall–Kier alpha value is -3.72. The molecule has 0 heterocycles. The van der Waals surface area contributed by atoms with Crippen molar-refractivity contribution in [1.82, 2.24) is 10.2 Å². The number of anilines is 1. The highest BCUT2D eigenvalue weighted by Crippen LogP contribution is 2.25. The molecule has 0 bridgehead atoms. The van der Waals surface area contributed by atoms with E-state index < -0.39 is 34.3 Å². The molecule has 3 aromatic carbocycles. The number of hydrogen-bond donors (Lipinski definition) is 1. The van der Waals surface area contributed by atoms with E-state index >= 15 is 0 Å². The van der Waals surface area contributed by atoms with Gasteiger partial charge in [-0.1, -0.05) is 61.9 Å². The van der Waals surface area contributed by atoms with Gasteiger partial charge in [0.25, 0.3) is 10.0 Å². The van der Waals surface area contributed by atoms with E-state index in [0.29, 0.717) is 6.42 Å². The zero-order valence-corrected chi connectivity index (χ0v) is 23.6. The Balaban J connectivity index is 2.04. The highest BCUT2D eigenvalue weighted by molar-refractivity contribution is 7.92. The third-order valence-electron chi connectivity index (χ3n) is 6.55. The molecule has 0 fully saturated rings. The van der Waals surface area contributed by atoms with Gasteiger partial charge in [-0.05, 0) is 68.7 Å². The molecule has 0 aliphatic rings. The number of rotatable bonds is 12. The summed E-state index contributed by atoms with van der Waals surface area (Å²) in [5, 5.41) is 2.95. The van der Waals surface area contributed by atoms with Crippen LogP contribution >= 0.6 is 0 Å². The Kier molecular flexibility index (Phi) is 10.2. The second-order valence-electron chi connectivity index (χ2n) is 9.55. The first-order chi connectivity index (χ1) is 18.6. The van der Waals surface area contributed by atoms with E-state index in [1.165, 1.54) is 29.2 Å². The van der Waals surface area contributed by atoms with Gasteiger partial charge >= 0.3 is 0 Å². The van der Waals surface area contributed by atoms with Crippen molar-refractivity contribution in [1.29, 1.82) is 0 Å². The van der Waals surface area contributed by atoms with Crippen LogP contribution in [0.5, 0.6) is 0 Å². The molecular weight excluding hydrogens is 517 g/mol. The van der Waals surface area contributed by atoms with Crippen molar-refractivity contribution < 1.29 is 22.4 Å². The van der Waals surface area contributed by atoms with Crippen molar-refractivity contribution in [3.05, 3.63) is 95.8 Å². The molecule has 0 aliphatic carbocycles. The summed E-state index contributed by atoms with van der Waals surface area (Å²) in [6.45, 7) is 7.15. The van der Waals surface area contributed by atoms with Crippen LogP contribution in [0, 0.1) is 12.7 Å². The van der Waals surface area contributed by atoms with Crippen LogP contribution in [0.25, 0.3) is 0 Å². The first kappa shape index (κ1) is 29.8. The topological polar surface area (TPSA) is 86.8 Å². The lowest BCUT2D eigenvalue weighted by molar-refractivity contribution is -0.140. The Morgan fingerprint density at radius 2 is 1.59 bits per heavy atom. The first-order valence-electron chi connectivity index (χ1n) is 13.1. The molecule has 0 saturated heterocycles. The lowest BCUT2D eigenvalue weighted by Gasteiger charge is -2.33. The maximum Gasteiger partial charge on any atom is 0.264 e. The van der Waals surface area contributed by atoms with Crippen LogP contribution in [-0.4, -0.2) is 43.8 Å². The van der Waals surface area contributed by atoms with Gasteiger partial charge in [0.1, 0.15) is 18.4 Å². The van der Waals surface area contributed by atoms with Gasteiger partial charge in [0.15, 0.2) is 0 Å². The molecule has 0 aliphatic heterocycles. The fraction of sp³-hybridized carbons (Fsp3) is 0.333. The summed E-state index contributed by atoms with van der Waals surface area (Å²) in [4.78, 5) is 28.7. The number of benzene rings is 3. The van der Waals surface area contributed by atoms with Gasteiger partial charge in [-0.2, -0.15) is 0 Å². The quantitative estimate of drug-likeness (QED) is 0.340. The van der Waals surface area contributed by atoms with Crippen molar-refractivity contribution in [3.63, 3.8) is 0 Å². The number of sulfonamides is 1. The predicted molar refractivity (Wildman–Crippen MR) is 151 cm³/mol. The molecule has 3 rings (SSSR count). The Morgan fingerprint density at radius 3 is 2.18 bits per heavy atom. The van der Waals surface area contributed by atoms with Crippen molar-refractivity contribution in [2.45, 2.75) is 64.1 Å². The van der Waals surface area contributed by atoms with Crippen LogP contribution in [0.4, 0.5) is 10.1 Å². The molecular formula is C30H36FN3O4S. The number of amides is 2. The van der Waals surface area contributed by atoms with E-state index in [-0.39, 0.29) is 29.1 Å².